The Balaban J connectivity index is 2.99. The minimum Gasteiger partial charge on any atom is -0.461 e. The molecule has 1 aromatic rings. The lowest BCUT2D eigenvalue weighted by Gasteiger charge is -2.12. The summed E-state index contributed by atoms with van der Waals surface area (Å²) in [6, 6.07) is 5.04. The van der Waals surface area contributed by atoms with Crippen molar-refractivity contribution in [2.24, 2.45) is 0 Å². The molecule has 106 valence electrons. The number of benzene rings is 1. The third-order valence-electron chi connectivity index (χ3n) is 1.89. The van der Waals surface area contributed by atoms with Gasteiger partial charge in [0.1, 0.15) is 12.4 Å². The summed E-state index contributed by atoms with van der Waals surface area (Å²) < 4.78 is 66.8. The minimum absolute atomic E-state index is 0.00512. The number of carbonyl (C=O) groups excluding carboxylic acids is 1. The van der Waals surface area contributed by atoms with Crippen molar-refractivity contribution in [3.63, 3.8) is 0 Å². The third kappa shape index (κ3) is 4.12. The first-order valence-corrected chi connectivity index (χ1v) is 6.26. The van der Waals surface area contributed by atoms with E-state index in [0.29, 0.717) is 0 Å². The van der Waals surface area contributed by atoms with Crippen LogP contribution in [0.15, 0.2) is 24.3 Å². The van der Waals surface area contributed by atoms with Gasteiger partial charge in [0.25, 0.3) is 0 Å². The molecule has 0 heterocycles. The number of alkyl halides is 3. The van der Waals surface area contributed by atoms with Crippen LogP contribution in [0.25, 0.3) is 0 Å². The number of hydrogen-bond donors (Lipinski definition) is 0. The minimum atomic E-state index is -5.75. The molecule has 0 aliphatic carbocycles. The fourth-order valence-corrected chi connectivity index (χ4v) is 1.54. The number of halogens is 3. The van der Waals surface area contributed by atoms with E-state index in [1.807, 2.05) is 0 Å². The van der Waals surface area contributed by atoms with Gasteiger partial charge in [-0.1, -0.05) is 18.2 Å². The largest absolute Gasteiger partial charge is 0.534 e. The molecule has 0 aliphatic heterocycles. The van der Waals surface area contributed by atoms with E-state index in [9.17, 15) is 26.4 Å². The summed E-state index contributed by atoms with van der Waals surface area (Å²) >= 11 is 0. The van der Waals surface area contributed by atoms with Gasteiger partial charge in [-0.15, -0.1) is 0 Å². The molecule has 19 heavy (non-hydrogen) atoms. The van der Waals surface area contributed by atoms with Crippen molar-refractivity contribution in [3.05, 3.63) is 29.8 Å². The Hall–Kier alpha value is -1.77. The Morgan fingerprint density at radius 3 is 2.37 bits per heavy atom. The summed E-state index contributed by atoms with van der Waals surface area (Å²) in [4.78, 5) is 10.6. The Morgan fingerprint density at radius 1 is 1.26 bits per heavy atom. The van der Waals surface area contributed by atoms with E-state index in [4.69, 9.17) is 0 Å². The molecule has 0 atom stereocenters. The highest BCUT2D eigenvalue weighted by atomic mass is 32.2. The van der Waals surface area contributed by atoms with Gasteiger partial charge in [-0.05, 0) is 6.07 Å². The molecule has 0 saturated heterocycles. The second kappa shape index (κ2) is 5.47. The Labute approximate surface area is 107 Å². The topological polar surface area (TPSA) is 69.7 Å². The van der Waals surface area contributed by atoms with Crippen LogP contribution < -0.4 is 4.18 Å². The number of rotatable bonds is 4. The Kier molecular flexibility index (Phi) is 4.40. The number of hydrogen-bond acceptors (Lipinski definition) is 5. The first-order valence-electron chi connectivity index (χ1n) is 4.85. The van der Waals surface area contributed by atoms with E-state index in [2.05, 4.69) is 8.92 Å². The van der Waals surface area contributed by atoms with Crippen LogP contribution in [0.3, 0.4) is 0 Å². The van der Waals surface area contributed by atoms with Gasteiger partial charge in [0, 0.05) is 12.5 Å². The molecule has 0 bridgehead atoms. The second-order valence-corrected chi connectivity index (χ2v) is 4.91. The van der Waals surface area contributed by atoms with Crippen LogP contribution >= 0.6 is 0 Å². The van der Waals surface area contributed by atoms with Crippen LogP contribution in [0.2, 0.25) is 0 Å². The average Bonchev–Trinajstić information content (AvgIpc) is 2.25. The molecule has 0 saturated carbocycles. The summed E-state index contributed by atoms with van der Waals surface area (Å²) in [6.45, 7) is 0.717. The van der Waals surface area contributed by atoms with E-state index < -0.39 is 27.3 Å². The van der Waals surface area contributed by atoms with Gasteiger partial charge >= 0.3 is 21.6 Å². The van der Waals surface area contributed by atoms with Crippen LogP contribution in [-0.2, 0) is 26.3 Å². The van der Waals surface area contributed by atoms with Gasteiger partial charge in [0.2, 0.25) is 0 Å². The lowest BCUT2D eigenvalue weighted by atomic mass is 10.2. The molecule has 1 rings (SSSR count). The maximum Gasteiger partial charge on any atom is 0.534 e. The van der Waals surface area contributed by atoms with Crippen molar-refractivity contribution in [3.8, 4) is 5.75 Å². The van der Waals surface area contributed by atoms with Crippen molar-refractivity contribution in [2.45, 2.75) is 19.0 Å². The molecule has 0 spiro atoms. The summed E-state index contributed by atoms with van der Waals surface area (Å²) in [7, 11) is -5.75. The summed E-state index contributed by atoms with van der Waals surface area (Å²) in [5.74, 6) is -1.20. The quantitative estimate of drug-likeness (QED) is 0.483. The van der Waals surface area contributed by atoms with E-state index in [-0.39, 0.29) is 12.2 Å². The molecular formula is C10H9F3O5S. The number of carbonyl (C=O) groups is 1. The zero-order valence-electron chi connectivity index (χ0n) is 9.60. The normalized spacial score (nSPS) is 12.0. The molecule has 0 fully saturated rings. The zero-order chi connectivity index (χ0) is 14.7. The van der Waals surface area contributed by atoms with Gasteiger partial charge in [-0.3, -0.25) is 4.79 Å². The molecule has 0 aliphatic rings. The molecule has 5 nitrogen and oxygen atoms in total. The third-order valence-corrected chi connectivity index (χ3v) is 2.85. The van der Waals surface area contributed by atoms with Crippen molar-refractivity contribution < 1.29 is 35.3 Å². The Bertz CT molecular complexity index is 565. The van der Waals surface area contributed by atoms with Gasteiger partial charge < -0.3 is 8.92 Å². The number of para-hydroxylation sites is 1. The van der Waals surface area contributed by atoms with Crippen molar-refractivity contribution in [1.82, 2.24) is 0 Å². The van der Waals surface area contributed by atoms with Gasteiger partial charge in [-0.2, -0.15) is 21.6 Å². The highest BCUT2D eigenvalue weighted by molar-refractivity contribution is 7.88. The van der Waals surface area contributed by atoms with Gasteiger partial charge in [0.05, 0.1) is 0 Å². The van der Waals surface area contributed by atoms with Crippen LogP contribution in [0.1, 0.15) is 12.5 Å². The Morgan fingerprint density at radius 2 is 1.84 bits per heavy atom. The van der Waals surface area contributed by atoms with Crippen LogP contribution in [-0.4, -0.2) is 19.9 Å². The molecular weight excluding hydrogens is 289 g/mol. The van der Waals surface area contributed by atoms with Crippen molar-refractivity contribution in [1.29, 1.82) is 0 Å². The number of ether oxygens (including phenoxy) is 1. The maximum atomic E-state index is 12.2. The van der Waals surface area contributed by atoms with Crippen LogP contribution in [0, 0.1) is 0 Å². The average molecular weight is 298 g/mol. The van der Waals surface area contributed by atoms with E-state index >= 15 is 0 Å². The SMILES string of the molecule is CC(=O)OCc1ccccc1OS(=O)(=O)C(F)(F)F. The first kappa shape index (κ1) is 15.3. The molecule has 0 aromatic heterocycles. The monoisotopic (exact) mass is 298 g/mol. The zero-order valence-corrected chi connectivity index (χ0v) is 10.4. The predicted octanol–water partition coefficient (Wildman–Crippen LogP) is 1.98. The van der Waals surface area contributed by atoms with E-state index in [1.54, 1.807) is 0 Å². The van der Waals surface area contributed by atoms with Crippen LogP contribution in [0.4, 0.5) is 13.2 Å². The molecule has 0 amide bonds. The van der Waals surface area contributed by atoms with Crippen molar-refractivity contribution in [2.75, 3.05) is 0 Å². The highest BCUT2D eigenvalue weighted by Gasteiger charge is 2.48. The predicted molar refractivity (Wildman–Crippen MR) is 57.5 cm³/mol. The van der Waals surface area contributed by atoms with Gasteiger partial charge in [0.15, 0.2) is 0 Å². The van der Waals surface area contributed by atoms with Crippen LogP contribution in [0.5, 0.6) is 5.75 Å². The number of esters is 1. The lowest BCUT2D eigenvalue weighted by Crippen LogP contribution is -2.28. The summed E-state index contributed by atoms with van der Waals surface area (Å²) in [5, 5.41) is 0. The first-order chi connectivity index (χ1) is 8.63. The van der Waals surface area contributed by atoms with E-state index in [1.165, 1.54) is 18.2 Å². The standard InChI is InChI=1S/C10H9F3O5S/c1-7(14)17-6-8-4-2-3-5-9(8)18-19(15,16)10(11,12)13/h2-5H,6H2,1H3. The fraction of sp³-hybridized carbons (Fsp3) is 0.300. The maximum absolute atomic E-state index is 12.2. The van der Waals surface area contributed by atoms with Crippen molar-refractivity contribution >= 4 is 16.1 Å². The molecule has 0 unspecified atom stereocenters. The smallest absolute Gasteiger partial charge is 0.461 e. The molecule has 1 aromatic carbocycles. The molecule has 0 N–H and O–H groups in total. The molecule has 9 heteroatoms. The summed E-state index contributed by atoms with van der Waals surface area (Å²) in [6.07, 6.45) is 0. The second-order valence-electron chi connectivity index (χ2n) is 3.37. The lowest BCUT2D eigenvalue weighted by molar-refractivity contribution is -0.142. The van der Waals surface area contributed by atoms with Gasteiger partial charge in [-0.25, -0.2) is 0 Å². The summed E-state index contributed by atoms with van der Waals surface area (Å²) in [5.41, 5.74) is -5.52. The van der Waals surface area contributed by atoms with E-state index in [0.717, 1.165) is 13.0 Å². The molecule has 0 radical (unpaired) electrons. The fourth-order valence-electron chi connectivity index (χ4n) is 1.05. The highest BCUT2D eigenvalue weighted by Crippen LogP contribution is 2.29.